The summed E-state index contributed by atoms with van der Waals surface area (Å²) in [5.74, 6) is 0. The van der Waals surface area contributed by atoms with Gasteiger partial charge in [0.2, 0.25) is 10.0 Å². The van der Waals surface area contributed by atoms with Crippen LogP contribution in [0.1, 0.15) is 13.8 Å². The molecule has 0 N–H and O–H groups in total. The average Bonchev–Trinajstić information content (AvgIpc) is 1.97. The number of morpholine rings is 1. The summed E-state index contributed by atoms with van der Waals surface area (Å²) < 4.78 is 36.2. The molecule has 0 aliphatic carbocycles. The van der Waals surface area contributed by atoms with Crippen LogP contribution in [0.4, 0.5) is 0 Å². The predicted molar refractivity (Wildman–Crippen MR) is 55.1 cm³/mol. The second-order valence-electron chi connectivity index (χ2n) is 4.64. The monoisotopic (exact) mass is 235 g/mol. The molecular weight excluding hydrogens is 218 g/mol. The molecule has 2 aliphatic rings. The van der Waals surface area contributed by atoms with Gasteiger partial charge in [0.1, 0.15) is 5.25 Å². The van der Waals surface area contributed by atoms with E-state index in [-0.39, 0.29) is 5.25 Å². The molecule has 2 rings (SSSR count). The van der Waals surface area contributed by atoms with Crippen molar-refractivity contribution >= 4 is 10.0 Å². The molecule has 2 heterocycles. The summed E-state index contributed by atoms with van der Waals surface area (Å²) in [5.41, 5.74) is -0.438. The van der Waals surface area contributed by atoms with Crippen LogP contribution < -0.4 is 0 Å². The second-order valence-corrected chi connectivity index (χ2v) is 6.78. The first kappa shape index (κ1) is 11.3. The molecule has 0 spiro atoms. The van der Waals surface area contributed by atoms with Gasteiger partial charge in [0.05, 0.1) is 32.0 Å². The average molecular weight is 235 g/mol. The smallest absolute Gasteiger partial charge is 0.222 e. The summed E-state index contributed by atoms with van der Waals surface area (Å²) in [5, 5.41) is -0.352. The highest BCUT2D eigenvalue weighted by molar-refractivity contribution is 7.89. The minimum atomic E-state index is -3.20. The van der Waals surface area contributed by atoms with Crippen LogP contribution in [0.2, 0.25) is 0 Å². The first-order chi connectivity index (χ1) is 6.94. The fourth-order valence-electron chi connectivity index (χ4n) is 1.88. The van der Waals surface area contributed by atoms with Crippen LogP contribution in [-0.4, -0.2) is 56.5 Å². The molecule has 2 aliphatic heterocycles. The molecule has 0 bridgehead atoms. The van der Waals surface area contributed by atoms with E-state index in [4.69, 9.17) is 9.47 Å². The van der Waals surface area contributed by atoms with E-state index in [0.717, 1.165) is 0 Å². The van der Waals surface area contributed by atoms with Gasteiger partial charge < -0.3 is 9.47 Å². The molecular formula is C9H17NO4S. The Morgan fingerprint density at radius 2 is 1.93 bits per heavy atom. The fraction of sp³-hybridized carbons (Fsp3) is 1.00. The van der Waals surface area contributed by atoms with Gasteiger partial charge >= 0.3 is 0 Å². The zero-order chi connectivity index (χ0) is 11.1. The zero-order valence-corrected chi connectivity index (χ0v) is 9.92. The lowest BCUT2D eigenvalue weighted by molar-refractivity contribution is -0.0139. The summed E-state index contributed by atoms with van der Waals surface area (Å²) in [4.78, 5) is 0. The largest absolute Gasteiger partial charge is 0.378 e. The number of hydrogen-bond acceptors (Lipinski definition) is 4. The van der Waals surface area contributed by atoms with Gasteiger partial charge in [0, 0.05) is 6.54 Å². The Morgan fingerprint density at radius 1 is 1.27 bits per heavy atom. The summed E-state index contributed by atoms with van der Waals surface area (Å²) in [7, 11) is -3.20. The SMILES string of the molecule is CC1(C)COCCN1S(=O)(=O)C1COC1. The van der Waals surface area contributed by atoms with E-state index in [1.807, 2.05) is 13.8 Å². The molecule has 0 aromatic rings. The van der Waals surface area contributed by atoms with E-state index in [1.165, 1.54) is 0 Å². The van der Waals surface area contributed by atoms with Crippen molar-refractivity contribution in [2.24, 2.45) is 0 Å². The molecule has 0 unspecified atom stereocenters. The first-order valence-electron chi connectivity index (χ1n) is 5.12. The van der Waals surface area contributed by atoms with Gasteiger partial charge in [-0.05, 0) is 13.8 Å². The van der Waals surface area contributed by atoms with Crippen molar-refractivity contribution in [3.63, 3.8) is 0 Å². The van der Waals surface area contributed by atoms with Gasteiger partial charge in [-0.15, -0.1) is 0 Å². The Kier molecular flexibility index (Phi) is 2.79. The number of hydrogen-bond donors (Lipinski definition) is 0. The Hall–Kier alpha value is -0.170. The maximum atomic E-state index is 12.2. The maximum Gasteiger partial charge on any atom is 0.222 e. The zero-order valence-electron chi connectivity index (χ0n) is 9.10. The topological polar surface area (TPSA) is 55.8 Å². The molecule has 2 fully saturated rings. The molecule has 0 saturated carbocycles. The third kappa shape index (κ3) is 1.91. The fourth-order valence-corrected chi connectivity index (χ4v) is 3.85. The Bertz CT molecular complexity index is 334. The Morgan fingerprint density at radius 3 is 2.40 bits per heavy atom. The Labute approximate surface area is 90.4 Å². The minimum absolute atomic E-state index is 0.329. The number of sulfonamides is 1. The molecule has 0 aromatic carbocycles. The lowest BCUT2D eigenvalue weighted by Crippen LogP contribution is -2.60. The van der Waals surface area contributed by atoms with Crippen LogP contribution >= 0.6 is 0 Å². The highest BCUT2D eigenvalue weighted by Crippen LogP contribution is 2.27. The van der Waals surface area contributed by atoms with Crippen molar-refractivity contribution in [2.75, 3.05) is 33.0 Å². The molecule has 88 valence electrons. The van der Waals surface area contributed by atoms with Gasteiger partial charge in [0.25, 0.3) is 0 Å². The molecule has 5 nitrogen and oxygen atoms in total. The second kappa shape index (κ2) is 3.69. The van der Waals surface area contributed by atoms with E-state index < -0.39 is 15.6 Å². The summed E-state index contributed by atoms with van der Waals surface area (Å²) in [6.07, 6.45) is 0. The van der Waals surface area contributed by atoms with Crippen molar-refractivity contribution < 1.29 is 17.9 Å². The van der Waals surface area contributed by atoms with Crippen molar-refractivity contribution in [3.05, 3.63) is 0 Å². The van der Waals surface area contributed by atoms with Gasteiger partial charge in [-0.1, -0.05) is 0 Å². The normalized spacial score (nSPS) is 28.7. The maximum absolute atomic E-state index is 12.2. The lowest BCUT2D eigenvalue weighted by Gasteiger charge is -2.43. The minimum Gasteiger partial charge on any atom is -0.378 e. The summed E-state index contributed by atoms with van der Waals surface area (Å²) in [6, 6.07) is 0. The van der Waals surface area contributed by atoms with Crippen LogP contribution in [0.25, 0.3) is 0 Å². The van der Waals surface area contributed by atoms with Crippen molar-refractivity contribution in [1.82, 2.24) is 4.31 Å². The highest BCUT2D eigenvalue weighted by atomic mass is 32.2. The lowest BCUT2D eigenvalue weighted by atomic mass is 10.1. The van der Waals surface area contributed by atoms with Gasteiger partial charge in [-0.2, -0.15) is 4.31 Å². The van der Waals surface area contributed by atoms with Crippen LogP contribution in [-0.2, 0) is 19.5 Å². The Balaban J connectivity index is 2.20. The number of nitrogens with zero attached hydrogens (tertiary/aromatic N) is 1. The number of rotatable bonds is 2. The summed E-state index contributed by atoms with van der Waals surface area (Å²) in [6.45, 7) is 5.83. The molecule has 2 saturated heterocycles. The first-order valence-corrected chi connectivity index (χ1v) is 6.62. The van der Waals surface area contributed by atoms with Crippen molar-refractivity contribution in [1.29, 1.82) is 0 Å². The van der Waals surface area contributed by atoms with Crippen LogP contribution in [0.15, 0.2) is 0 Å². The van der Waals surface area contributed by atoms with E-state index >= 15 is 0 Å². The molecule has 0 amide bonds. The quantitative estimate of drug-likeness (QED) is 0.666. The van der Waals surface area contributed by atoms with Gasteiger partial charge in [-0.3, -0.25) is 0 Å². The highest BCUT2D eigenvalue weighted by Gasteiger charge is 2.45. The third-order valence-electron chi connectivity index (χ3n) is 2.91. The van der Waals surface area contributed by atoms with Crippen LogP contribution in [0.3, 0.4) is 0 Å². The van der Waals surface area contributed by atoms with Crippen molar-refractivity contribution in [2.45, 2.75) is 24.6 Å². The molecule has 0 radical (unpaired) electrons. The number of ether oxygens (including phenoxy) is 2. The molecule has 6 heteroatoms. The molecule has 0 aromatic heterocycles. The van der Waals surface area contributed by atoms with Crippen LogP contribution in [0.5, 0.6) is 0 Å². The van der Waals surface area contributed by atoms with E-state index in [2.05, 4.69) is 0 Å². The van der Waals surface area contributed by atoms with Crippen molar-refractivity contribution in [3.8, 4) is 0 Å². The van der Waals surface area contributed by atoms with E-state index in [9.17, 15) is 8.42 Å². The van der Waals surface area contributed by atoms with E-state index in [1.54, 1.807) is 4.31 Å². The predicted octanol–water partition coefficient (Wildman–Crippen LogP) is -0.174. The summed E-state index contributed by atoms with van der Waals surface area (Å²) >= 11 is 0. The molecule has 15 heavy (non-hydrogen) atoms. The standard InChI is InChI=1S/C9H17NO4S/c1-9(2)7-13-4-3-10(9)15(11,12)8-5-14-6-8/h8H,3-7H2,1-2H3. The van der Waals surface area contributed by atoms with E-state index in [0.29, 0.717) is 33.0 Å². The van der Waals surface area contributed by atoms with Gasteiger partial charge in [0.15, 0.2) is 0 Å². The van der Waals surface area contributed by atoms with Gasteiger partial charge in [-0.25, -0.2) is 8.42 Å². The van der Waals surface area contributed by atoms with Crippen LogP contribution in [0, 0.1) is 0 Å². The third-order valence-corrected chi connectivity index (χ3v) is 5.31. The molecule has 0 atom stereocenters.